The van der Waals surface area contributed by atoms with E-state index in [9.17, 15) is 14.3 Å². The van der Waals surface area contributed by atoms with Crippen molar-refractivity contribution in [3.63, 3.8) is 0 Å². The summed E-state index contributed by atoms with van der Waals surface area (Å²) in [5.41, 5.74) is 0.766. The number of hydrogen-bond donors (Lipinski definition) is 2. The fourth-order valence-corrected chi connectivity index (χ4v) is 1.86. The predicted octanol–water partition coefficient (Wildman–Crippen LogP) is 1.03. The third-order valence-corrected chi connectivity index (χ3v) is 2.99. The van der Waals surface area contributed by atoms with Gasteiger partial charge in [0.2, 0.25) is 5.91 Å². The van der Waals surface area contributed by atoms with Crippen LogP contribution in [0.2, 0.25) is 0 Å². The normalized spacial score (nSPS) is 14.4. The van der Waals surface area contributed by atoms with Crippen molar-refractivity contribution in [2.24, 2.45) is 0 Å². The minimum Gasteiger partial charge on any atom is -0.391 e. The fourth-order valence-electron chi connectivity index (χ4n) is 1.86. The fraction of sp³-hybridized carbons (Fsp3) is 0.462. The standard InChI is InChI=1S/C13H17FN2O2/c1-16(7-13(18)15-9-5-6-9)12-4-2-3-11(14)10(12)8-17/h2-4,9,17H,5-8H2,1H3,(H,15,18). The summed E-state index contributed by atoms with van der Waals surface area (Å²) in [6.45, 7) is -0.219. The Kier molecular flexibility index (Phi) is 3.81. The van der Waals surface area contributed by atoms with Crippen LogP contribution in [0, 0.1) is 5.82 Å². The number of anilines is 1. The van der Waals surface area contributed by atoms with Crippen LogP contribution in [-0.4, -0.2) is 30.6 Å². The molecule has 1 aliphatic carbocycles. The van der Waals surface area contributed by atoms with Gasteiger partial charge in [-0.25, -0.2) is 4.39 Å². The summed E-state index contributed by atoms with van der Waals surface area (Å²) in [7, 11) is 1.71. The number of aliphatic hydroxyl groups is 1. The summed E-state index contributed by atoms with van der Waals surface area (Å²) in [6, 6.07) is 4.88. The molecule has 1 fully saturated rings. The first-order valence-electron chi connectivity index (χ1n) is 6.00. The number of nitrogens with one attached hydrogen (secondary N) is 1. The molecule has 0 unspecified atom stereocenters. The van der Waals surface area contributed by atoms with Gasteiger partial charge in [0.15, 0.2) is 0 Å². The van der Waals surface area contributed by atoms with E-state index < -0.39 is 5.82 Å². The maximum Gasteiger partial charge on any atom is 0.239 e. The Balaban J connectivity index is 2.05. The van der Waals surface area contributed by atoms with Gasteiger partial charge < -0.3 is 15.3 Å². The average Bonchev–Trinajstić information content (AvgIpc) is 3.12. The first kappa shape index (κ1) is 12.8. The molecule has 0 bridgehead atoms. The topological polar surface area (TPSA) is 52.6 Å². The van der Waals surface area contributed by atoms with Crippen molar-refractivity contribution in [2.45, 2.75) is 25.5 Å². The quantitative estimate of drug-likeness (QED) is 0.823. The lowest BCUT2D eigenvalue weighted by molar-refractivity contribution is -0.119. The Morgan fingerprint density at radius 2 is 2.28 bits per heavy atom. The molecule has 0 radical (unpaired) electrons. The number of halogens is 1. The van der Waals surface area contributed by atoms with Crippen molar-refractivity contribution in [3.8, 4) is 0 Å². The van der Waals surface area contributed by atoms with E-state index in [-0.39, 0.29) is 24.6 Å². The number of hydrogen-bond acceptors (Lipinski definition) is 3. The second-order valence-corrected chi connectivity index (χ2v) is 4.59. The van der Waals surface area contributed by atoms with Gasteiger partial charge >= 0.3 is 0 Å². The van der Waals surface area contributed by atoms with E-state index in [1.807, 2.05) is 0 Å². The summed E-state index contributed by atoms with van der Waals surface area (Å²) < 4.78 is 13.5. The molecule has 1 aromatic rings. The highest BCUT2D eigenvalue weighted by atomic mass is 19.1. The van der Waals surface area contributed by atoms with Crippen LogP contribution in [0.3, 0.4) is 0 Å². The largest absolute Gasteiger partial charge is 0.391 e. The van der Waals surface area contributed by atoms with Gasteiger partial charge in [0.1, 0.15) is 5.82 Å². The third-order valence-electron chi connectivity index (χ3n) is 2.99. The van der Waals surface area contributed by atoms with Crippen LogP contribution in [0.1, 0.15) is 18.4 Å². The minimum atomic E-state index is -0.454. The number of likely N-dealkylation sites (N-methyl/N-ethyl adjacent to an activating group) is 1. The van der Waals surface area contributed by atoms with Gasteiger partial charge in [-0.2, -0.15) is 0 Å². The van der Waals surface area contributed by atoms with E-state index in [4.69, 9.17) is 0 Å². The highest BCUT2D eigenvalue weighted by molar-refractivity contribution is 5.82. The van der Waals surface area contributed by atoms with Crippen LogP contribution in [0.25, 0.3) is 0 Å². The van der Waals surface area contributed by atoms with Gasteiger partial charge in [-0.15, -0.1) is 0 Å². The molecule has 1 aliphatic rings. The number of amides is 1. The maximum atomic E-state index is 13.5. The first-order valence-corrected chi connectivity index (χ1v) is 6.00. The van der Waals surface area contributed by atoms with Gasteiger partial charge in [-0.1, -0.05) is 6.07 Å². The van der Waals surface area contributed by atoms with Crippen LogP contribution >= 0.6 is 0 Å². The molecule has 18 heavy (non-hydrogen) atoms. The molecule has 0 atom stereocenters. The summed E-state index contributed by atoms with van der Waals surface area (Å²) in [6.07, 6.45) is 2.08. The van der Waals surface area contributed by atoms with Crippen LogP contribution < -0.4 is 10.2 Å². The lowest BCUT2D eigenvalue weighted by atomic mass is 10.1. The maximum absolute atomic E-state index is 13.5. The van der Waals surface area contributed by atoms with Crippen molar-refractivity contribution in [3.05, 3.63) is 29.6 Å². The van der Waals surface area contributed by atoms with Gasteiger partial charge in [-0.05, 0) is 25.0 Å². The van der Waals surface area contributed by atoms with Gasteiger partial charge in [0.25, 0.3) is 0 Å². The molecule has 4 nitrogen and oxygen atoms in total. The number of benzene rings is 1. The van der Waals surface area contributed by atoms with Crippen molar-refractivity contribution in [2.75, 3.05) is 18.5 Å². The monoisotopic (exact) mass is 252 g/mol. The average molecular weight is 252 g/mol. The highest BCUT2D eigenvalue weighted by Crippen LogP contribution is 2.22. The smallest absolute Gasteiger partial charge is 0.239 e. The summed E-state index contributed by atoms with van der Waals surface area (Å²) in [4.78, 5) is 13.3. The van der Waals surface area contributed by atoms with Crippen molar-refractivity contribution >= 4 is 11.6 Å². The number of aliphatic hydroxyl groups excluding tert-OH is 1. The zero-order valence-corrected chi connectivity index (χ0v) is 10.3. The molecule has 0 aromatic heterocycles. The van der Waals surface area contributed by atoms with E-state index in [2.05, 4.69) is 5.32 Å². The first-order chi connectivity index (χ1) is 8.61. The molecular weight excluding hydrogens is 235 g/mol. The highest BCUT2D eigenvalue weighted by Gasteiger charge is 2.24. The van der Waals surface area contributed by atoms with E-state index in [1.165, 1.54) is 6.07 Å². The number of carbonyl (C=O) groups excluding carboxylic acids is 1. The molecule has 1 amide bonds. The SMILES string of the molecule is CN(CC(=O)NC1CC1)c1cccc(F)c1CO. The molecule has 0 aliphatic heterocycles. The Morgan fingerprint density at radius 1 is 1.56 bits per heavy atom. The molecule has 5 heteroatoms. The van der Waals surface area contributed by atoms with Gasteiger partial charge in [0.05, 0.1) is 13.2 Å². The number of rotatable bonds is 5. The number of carbonyl (C=O) groups is 1. The van der Waals surface area contributed by atoms with Crippen LogP contribution in [-0.2, 0) is 11.4 Å². The molecule has 0 spiro atoms. The summed E-state index contributed by atoms with van der Waals surface area (Å²) >= 11 is 0. The summed E-state index contributed by atoms with van der Waals surface area (Å²) in [5, 5.41) is 12.0. The summed E-state index contributed by atoms with van der Waals surface area (Å²) in [5.74, 6) is -0.530. The second-order valence-electron chi connectivity index (χ2n) is 4.59. The van der Waals surface area contributed by atoms with Crippen LogP contribution in [0.15, 0.2) is 18.2 Å². The van der Waals surface area contributed by atoms with E-state index in [0.717, 1.165) is 12.8 Å². The minimum absolute atomic E-state index is 0.0758. The third kappa shape index (κ3) is 2.98. The van der Waals surface area contributed by atoms with Crippen molar-refractivity contribution < 1.29 is 14.3 Å². The van der Waals surface area contributed by atoms with Crippen molar-refractivity contribution in [1.82, 2.24) is 5.32 Å². The second kappa shape index (κ2) is 5.35. The van der Waals surface area contributed by atoms with Crippen LogP contribution in [0.4, 0.5) is 10.1 Å². The zero-order chi connectivity index (χ0) is 13.1. The Morgan fingerprint density at radius 3 is 2.89 bits per heavy atom. The van der Waals surface area contributed by atoms with E-state index in [0.29, 0.717) is 11.7 Å². The molecule has 1 aromatic carbocycles. The predicted molar refractivity (Wildman–Crippen MR) is 66.8 cm³/mol. The van der Waals surface area contributed by atoms with Crippen LogP contribution in [0.5, 0.6) is 0 Å². The molecule has 0 saturated heterocycles. The Bertz CT molecular complexity index is 447. The molecule has 1 saturated carbocycles. The van der Waals surface area contributed by atoms with Gasteiger partial charge in [-0.3, -0.25) is 4.79 Å². The van der Waals surface area contributed by atoms with E-state index >= 15 is 0 Å². The molecular formula is C13H17FN2O2. The lowest BCUT2D eigenvalue weighted by Gasteiger charge is -2.21. The van der Waals surface area contributed by atoms with E-state index in [1.54, 1.807) is 24.1 Å². The Hall–Kier alpha value is -1.62. The molecule has 98 valence electrons. The Labute approximate surface area is 105 Å². The number of nitrogens with zero attached hydrogens (tertiary/aromatic N) is 1. The zero-order valence-electron chi connectivity index (χ0n) is 10.3. The van der Waals surface area contributed by atoms with Gasteiger partial charge in [0, 0.05) is 24.3 Å². The lowest BCUT2D eigenvalue weighted by Crippen LogP contribution is -2.36. The molecule has 2 N–H and O–H groups in total. The molecule has 2 rings (SSSR count). The molecule has 0 heterocycles. The van der Waals surface area contributed by atoms with Crippen molar-refractivity contribution in [1.29, 1.82) is 0 Å².